The smallest absolute Gasteiger partial charge is 0.341 e. The Kier molecular flexibility index (Phi) is 4.15. The number of hydrogen-bond donors (Lipinski definition) is 1. The molecular weight excluding hydrogens is 330 g/mol. The van der Waals surface area contributed by atoms with Crippen LogP contribution in [0.4, 0.5) is 5.69 Å². The Labute approximate surface area is 152 Å². The highest BCUT2D eigenvalue weighted by Gasteiger charge is 2.46. The van der Waals surface area contributed by atoms with Crippen molar-refractivity contribution in [2.24, 2.45) is 0 Å². The Morgan fingerprint density at radius 3 is 2.62 bits per heavy atom. The highest BCUT2D eigenvalue weighted by atomic mass is 16.5. The number of fused-ring (bicyclic) bond motifs is 2. The molecule has 2 aromatic rings. The Hall–Kier alpha value is -2.82. The lowest BCUT2D eigenvalue weighted by molar-refractivity contribution is -0.139. The molecule has 2 aromatic carbocycles. The molecule has 1 spiro atoms. The Balaban J connectivity index is 1.63. The number of amides is 1. The predicted octanol–water partition coefficient (Wildman–Crippen LogP) is 3.62. The van der Waals surface area contributed by atoms with Crippen LogP contribution in [-0.4, -0.2) is 30.1 Å². The summed E-state index contributed by atoms with van der Waals surface area (Å²) in [6.07, 6.45) is 4.65. The van der Waals surface area contributed by atoms with Crippen LogP contribution in [0, 0.1) is 0 Å². The van der Waals surface area contributed by atoms with Crippen molar-refractivity contribution in [3.63, 3.8) is 0 Å². The summed E-state index contributed by atoms with van der Waals surface area (Å²) in [4.78, 5) is 25.7. The molecule has 0 aromatic heterocycles. The van der Waals surface area contributed by atoms with Crippen molar-refractivity contribution >= 4 is 17.6 Å². The van der Waals surface area contributed by atoms with Gasteiger partial charge in [-0.15, -0.1) is 0 Å². The monoisotopic (exact) mass is 351 g/mol. The third-order valence-electron chi connectivity index (χ3n) is 5.48. The first-order valence-electron chi connectivity index (χ1n) is 8.95. The second-order valence-corrected chi connectivity index (χ2v) is 7.11. The van der Waals surface area contributed by atoms with Crippen LogP contribution in [0.1, 0.15) is 41.6 Å². The van der Waals surface area contributed by atoms with Crippen LogP contribution in [0.25, 0.3) is 0 Å². The average molecular weight is 351 g/mol. The topological polar surface area (TPSA) is 66.8 Å². The van der Waals surface area contributed by atoms with Gasteiger partial charge in [0.2, 0.25) is 0 Å². The van der Waals surface area contributed by atoms with Crippen LogP contribution in [0.15, 0.2) is 48.5 Å². The second kappa shape index (κ2) is 6.48. The lowest BCUT2D eigenvalue weighted by Crippen LogP contribution is -2.35. The molecule has 1 N–H and O–H groups in total. The number of aliphatic carboxylic acids is 1. The van der Waals surface area contributed by atoms with Gasteiger partial charge in [-0.05, 0) is 42.7 Å². The second-order valence-electron chi connectivity index (χ2n) is 7.11. The zero-order chi connectivity index (χ0) is 18.1. The largest absolute Gasteiger partial charge is 0.482 e. The molecular formula is C21H21NO4. The van der Waals surface area contributed by atoms with Crippen molar-refractivity contribution < 1.29 is 19.4 Å². The molecule has 5 nitrogen and oxygen atoms in total. The van der Waals surface area contributed by atoms with Crippen LogP contribution < -0.4 is 9.64 Å². The van der Waals surface area contributed by atoms with Gasteiger partial charge < -0.3 is 14.7 Å². The first kappa shape index (κ1) is 16.6. The number of carboxylic acids is 1. The van der Waals surface area contributed by atoms with Crippen molar-refractivity contribution in [1.82, 2.24) is 0 Å². The van der Waals surface area contributed by atoms with Gasteiger partial charge in [-0.1, -0.05) is 37.1 Å². The highest BCUT2D eigenvalue weighted by molar-refractivity contribution is 6.08. The van der Waals surface area contributed by atoms with E-state index in [4.69, 9.17) is 9.84 Å². The van der Waals surface area contributed by atoms with E-state index in [1.165, 1.54) is 18.4 Å². The zero-order valence-corrected chi connectivity index (χ0v) is 14.5. The average Bonchev–Trinajstić information content (AvgIpc) is 3.26. The summed E-state index contributed by atoms with van der Waals surface area (Å²) in [7, 11) is 0. The Bertz CT molecular complexity index is 855. The highest BCUT2D eigenvalue weighted by Crippen LogP contribution is 2.50. The van der Waals surface area contributed by atoms with Gasteiger partial charge in [0.05, 0.1) is 0 Å². The summed E-state index contributed by atoms with van der Waals surface area (Å²) in [5.41, 5.74) is 2.88. The lowest BCUT2D eigenvalue weighted by Gasteiger charge is -2.24. The van der Waals surface area contributed by atoms with Crippen molar-refractivity contribution in [2.45, 2.75) is 31.1 Å². The number of carboxylic acid groups (broad SMARTS) is 1. The maximum Gasteiger partial charge on any atom is 0.341 e. The van der Waals surface area contributed by atoms with Crippen molar-refractivity contribution in [3.8, 4) is 5.75 Å². The molecule has 0 saturated heterocycles. The van der Waals surface area contributed by atoms with Crippen LogP contribution >= 0.6 is 0 Å². The maximum atomic E-state index is 13.2. The normalized spacial score (nSPS) is 17.3. The number of para-hydroxylation sites is 1. The molecule has 4 rings (SSSR count). The van der Waals surface area contributed by atoms with Gasteiger partial charge in [-0.2, -0.15) is 0 Å². The molecule has 1 heterocycles. The number of carbonyl (C=O) groups excluding carboxylic acids is 1. The number of nitrogens with zero attached hydrogens (tertiary/aromatic N) is 1. The summed E-state index contributed by atoms with van der Waals surface area (Å²) in [6.45, 7) is 0.290. The van der Waals surface area contributed by atoms with E-state index in [0.29, 0.717) is 17.9 Å². The van der Waals surface area contributed by atoms with E-state index in [2.05, 4.69) is 6.07 Å². The SMILES string of the molecule is O=C(O)COc1cccc(C(=O)N2CC3(CCCC3)c3ccccc32)c1. The van der Waals surface area contributed by atoms with Crippen molar-refractivity contribution in [1.29, 1.82) is 0 Å². The van der Waals surface area contributed by atoms with Crippen molar-refractivity contribution in [2.75, 3.05) is 18.1 Å². The lowest BCUT2D eigenvalue weighted by atomic mass is 9.81. The first-order valence-corrected chi connectivity index (χ1v) is 8.95. The third-order valence-corrected chi connectivity index (χ3v) is 5.48. The van der Waals surface area contributed by atoms with Gasteiger partial charge in [0, 0.05) is 23.2 Å². The summed E-state index contributed by atoms with van der Waals surface area (Å²) in [6, 6.07) is 14.9. The van der Waals surface area contributed by atoms with Crippen LogP contribution in [-0.2, 0) is 10.2 Å². The minimum Gasteiger partial charge on any atom is -0.482 e. The van der Waals surface area contributed by atoms with Crippen LogP contribution in [0.2, 0.25) is 0 Å². The van der Waals surface area contributed by atoms with E-state index in [1.54, 1.807) is 24.3 Å². The Morgan fingerprint density at radius 1 is 1.08 bits per heavy atom. The van der Waals surface area contributed by atoms with E-state index in [-0.39, 0.29) is 11.3 Å². The molecule has 1 amide bonds. The standard InChI is InChI=1S/C21H21NO4/c23-19(24)13-26-16-7-5-6-15(12-16)20(25)22-14-21(10-3-4-11-21)17-8-1-2-9-18(17)22/h1-2,5-9,12H,3-4,10-11,13-14H2,(H,23,24). The number of carbonyl (C=O) groups is 2. The molecule has 0 unspecified atom stereocenters. The molecule has 134 valence electrons. The van der Waals surface area contributed by atoms with Crippen LogP contribution in [0.5, 0.6) is 5.75 Å². The summed E-state index contributed by atoms with van der Waals surface area (Å²) >= 11 is 0. The number of rotatable bonds is 4. The van der Waals surface area contributed by atoms with Gasteiger partial charge in [-0.3, -0.25) is 4.79 Å². The molecule has 1 saturated carbocycles. The van der Waals surface area contributed by atoms with Gasteiger partial charge in [-0.25, -0.2) is 4.79 Å². The minimum atomic E-state index is -1.04. The molecule has 1 aliphatic heterocycles. The molecule has 0 bridgehead atoms. The number of hydrogen-bond acceptors (Lipinski definition) is 3. The van der Waals surface area contributed by atoms with Crippen LogP contribution in [0.3, 0.4) is 0 Å². The third kappa shape index (κ3) is 2.83. The molecule has 5 heteroatoms. The van der Waals surface area contributed by atoms with Crippen molar-refractivity contribution in [3.05, 3.63) is 59.7 Å². The van der Waals surface area contributed by atoms with Gasteiger partial charge in [0.15, 0.2) is 6.61 Å². The fourth-order valence-electron chi connectivity index (χ4n) is 4.31. The maximum absolute atomic E-state index is 13.2. The first-order chi connectivity index (χ1) is 12.6. The number of anilines is 1. The molecule has 1 fully saturated rings. The fourth-order valence-corrected chi connectivity index (χ4v) is 4.31. The molecule has 26 heavy (non-hydrogen) atoms. The van der Waals surface area contributed by atoms with E-state index < -0.39 is 12.6 Å². The van der Waals surface area contributed by atoms with E-state index >= 15 is 0 Å². The molecule has 1 aliphatic carbocycles. The summed E-state index contributed by atoms with van der Waals surface area (Å²) in [5, 5.41) is 8.75. The predicted molar refractivity (Wildman–Crippen MR) is 97.8 cm³/mol. The van der Waals surface area contributed by atoms with E-state index in [9.17, 15) is 9.59 Å². The molecule has 0 atom stereocenters. The molecule has 0 radical (unpaired) electrons. The Morgan fingerprint density at radius 2 is 1.85 bits per heavy atom. The minimum absolute atomic E-state index is 0.0676. The van der Waals surface area contributed by atoms with E-state index in [0.717, 1.165) is 18.5 Å². The van der Waals surface area contributed by atoms with Gasteiger partial charge in [0.25, 0.3) is 5.91 Å². The quantitative estimate of drug-likeness (QED) is 0.913. The fraction of sp³-hybridized carbons (Fsp3) is 0.333. The number of ether oxygens (including phenoxy) is 1. The van der Waals surface area contributed by atoms with E-state index in [1.807, 2.05) is 23.1 Å². The summed E-state index contributed by atoms with van der Waals surface area (Å²) < 4.78 is 5.21. The number of benzene rings is 2. The summed E-state index contributed by atoms with van der Waals surface area (Å²) in [5.74, 6) is -0.721. The molecule has 2 aliphatic rings. The van der Waals surface area contributed by atoms with Gasteiger partial charge >= 0.3 is 5.97 Å². The zero-order valence-electron chi connectivity index (χ0n) is 14.5. The van der Waals surface area contributed by atoms with Gasteiger partial charge in [0.1, 0.15) is 5.75 Å².